The first-order valence-electron chi connectivity index (χ1n) is 10.7. The molecule has 0 aliphatic heterocycles. The van der Waals surface area contributed by atoms with Gasteiger partial charge in [0, 0.05) is 12.2 Å². The Morgan fingerprint density at radius 2 is 1.46 bits per heavy atom. The maximum Gasteiger partial charge on any atom is 0.423 e. The highest BCUT2D eigenvalue weighted by Crippen LogP contribution is 2.45. The Morgan fingerprint density at radius 3 is 1.95 bits per heavy atom. The van der Waals surface area contributed by atoms with Crippen molar-refractivity contribution in [2.45, 2.75) is 57.0 Å². The van der Waals surface area contributed by atoms with Gasteiger partial charge in [-0.2, -0.15) is 39.5 Å². The normalized spacial score (nSPS) is 14.5. The van der Waals surface area contributed by atoms with Crippen LogP contribution in [0.3, 0.4) is 0 Å². The Balaban J connectivity index is 2.42. The number of carbonyl (C=O) groups is 1. The second kappa shape index (κ2) is 11.1. The minimum atomic E-state index is -5.61. The van der Waals surface area contributed by atoms with Crippen molar-refractivity contribution in [1.29, 1.82) is 0 Å². The van der Waals surface area contributed by atoms with E-state index < -0.39 is 86.9 Å². The SMILES string of the molecule is CC(C)(C)OC(=O)NCc1ccc(NC[C@](O)(c2cc(Cl)c(Cl)c(C(F)(F)F)c2)C(F)(F)F)cc1C(F)(F)F. The van der Waals surface area contributed by atoms with E-state index in [0.29, 0.717) is 12.1 Å². The summed E-state index contributed by atoms with van der Waals surface area (Å²) in [5.74, 6) is 0. The number of hydrogen-bond donors (Lipinski definition) is 3. The van der Waals surface area contributed by atoms with Gasteiger partial charge in [0.15, 0.2) is 0 Å². The van der Waals surface area contributed by atoms with Crippen LogP contribution in [0.4, 0.5) is 50.0 Å². The molecule has 0 heterocycles. The average molecular weight is 615 g/mol. The van der Waals surface area contributed by atoms with Gasteiger partial charge < -0.3 is 20.5 Å². The summed E-state index contributed by atoms with van der Waals surface area (Å²) >= 11 is 11.0. The molecular formula is C23H21Cl2F9N2O3. The highest BCUT2D eigenvalue weighted by molar-refractivity contribution is 6.42. The summed E-state index contributed by atoms with van der Waals surface area (Å²) in [7, 11) is 0. The van der Waals surface area contributed by atoms with Crippen LogP contribution in [0.15, 0.2) is 30.3 Å². The molecule has 0 aromatic heterocycles. The van der Waals surface area contributed by atoms with E-state index in [1.165, 1.54) is 20.8 Å². The summed E-state index contributed by atoms with van der Waals surface area (Å²) in [6, 6.07) is 2.53. The van der Waals surface area contributed by atoms with Crippen LogP contribution in [-0.4, -0.2) is 29.5 Å². The lowest BCUT2D eigenvalue weighted by atomic mass is 9.91. The highest BCUT2D eigenvalue weighted by atomic mass is 35.5. The molecule has 0 radical (unpaired) electrons. The molecule has 0 bridgehead atoms. The molecule has 2 rings (SSSR count). The molecule has 0 aliphatic carbocycles. The van der Waals surface area contributed by atoms with Crippen molar-refractivity contribution in [2.24, 2.45) is 0 Å². The van der Waals surface area contributed by atoms with Gasteiger partial charge in [0.1, 0.15) is 5.60 Å². The second-order valence-electron chi connectivity index (χ2n) is 9.25. The number of aliphatic hydroxyl groups is 1. The van der Waals surface area contributed by atoms with Crippen LogP contribution in [-0.2, 0) is 29.2 Å². The van der Waals surface area contributed by atoms with Gasteiger partial charge in [-0.25, -0.2) is 4.79 Å². The van der Waals surface area contributed by atoms with Gasteiger partial charge in [-0.3, -0.25) is 0 Å². The maximum absolute atomic E-state index is 13.9. The van der Waals surface area contributed by atoms with Crippen molar-refractivity contribution in [3.63, 3.8) is 0 Å². The van der Waals surface area contributed by atoms with Gasteiger partial charge >= 0.3 is 24.6 Å². The molecule has 2 aromatic carbocycles. The van der Waals surface area contributed by atoms with Crippen LogP contribution in [0.5, 0.6) is 0 Å². The van der Waals surface area contributed by atoms with Crippen LogP contribution < -0.4 is 10.6 Å². The maximum atomic E-state index is 13.9. The molecule has 218 valence electrons. The monoisotopic (exact) mass is 614 g/mol. The standard InChI is InChI=1S/C23H21Cl2F9N2O3/c1-19(2,3)39-18(37)35-9-11-4-5-13(8-14(11)21(26,27)28)36-10-20(38,23(32,33)34)12-6-15(22(29,30)31)17(25)16(24)7-12/h4-8,36,38H,9-10H2,1-3H3,(H,35,37)/t20-/m0/s1. The Bertz CT molecular complexity index is 1210. The summed E-state index contributed by atoms with van der Waals surface area (Å²) in [6.45, 7) is 2.33. The van der Waals surface area contributed by atoms with Crippen molar-refractivity contribution in [3.05, 3.63) is 62.6 Å². The Kier molecular flexibility index (Phi) is 9.31. The molecule has 16 heteroatoms. The molecular weight excluding hydrogens is 594 g/mol. The predicted octanol–water partition coefficient (Wildman–Crippen LogP) is 7.92. The molecule has 1 atom stereocenters. The van der Waals surface area contributed by atoms with Crippen molar-refractivity contribution in [2.75, 3.05) is 11.9 Å². The molecule has 0 fully saturated rings. The number of hydrogen-bond acceptors (Lipinski definition) is 4. The van der Waals surface area contributed by atoms with E-state index >= 15 is 0 Å². The summed E-state index contributed by atoms with van der Waals surface area (Å²) in [6.07, 6.45) is -16.9. The Labute approximate surface area is 226 Å². The first-order chi connectivity index (χ1) is 17.5. The van der Waals surface area contributed by atoms with Crippen molar-refractivity contribution in [3.8, 4) is 0 Å². The molecule has 2 aromatic rings. The zero-order valence-electron chi connectivity index (χ0n) is 20.2. The van der Waals surface area contributed by atoms with Crippen molar-refractivity contribution < 1.29 is 54.2 Å². The van der Waals surface area contributed by atoms with Crippen LogP contribution in [0.1, 0.15) is 43.0 Å². The zero-order valence-corrected chi connectivity index (χ0v) is 21.7. The number of benzene rings is 2. The number of anilines is 1. The lowest BCUT2D eigenvalue weighted by Gasteiger charge is -2.32. The number of amides is 1. The molecule has 0 spiro atoms. The molecule has 3 N–H and O–H groups in total. The molecule has 0 saturated heterocycles. The van der Waals surface area contributed by atoms with Crippen LogP contribution in [0.25, 0.3) is 0 Å². The third kappa shape index (κ3) is 8.21. The number of halogens is 11. The van der Waals surface area contributed by atoms with Gasteiger partial charge in [-0.05, 0) is 56.2 Å². The van der Waals surface area contributed by atoms with Crippen molar-refractivity contribution >= 4 is 35.0 Å². The van der Waals surface area contributed by atoms with Gasteiger partial charge in [0.05, 0.1) is 27.7 Å². The van der Waals surface area contributed by atoms with E-state index in [9.17, 15) is 49.4 Å². The molecule has 0 aliphatic rings. The van der Waals surface area contributed by atoms with Crippen LogP contribution in [0, 0.1) is 0 Å². The molecule has 0 saturated carbocycles. The Hall–Kier alpha value is -2.58. The first-order valence-corrected chi connectivity index (χ1v) is 11.5. The van der Waals surface area contributed by atoms with E-state index in [-0.39, 0.29) is 6.07 Å². The molecule has 39 heavy (non-hydrogen) atoms. The molecule has 0 unspecified atom stereocenters. The number of ether oxygens (including phenoxy) is 1. The van der Waals surface area contributed by atoms with Gasteiger partial charge in [-0.15, -0.1) is 0 Å². The van der Waals surface area contributed by atoms with E-state index in [1.807, 2.05) is 5.32 Å². The number of nitrogens with one attached hydrogen (secondary N) is 2. The minimum absolute atomic E-state index is 0.0457. The zero-order chi connectivity index (χ0) is 30.2. The topological polar surface area (TPSA) is 70.6 Å². The third-order valence-corrected chi connectivity index (χ3v) is 5.87. The highest BCUT2D eigenvalue weighted by Gasteiger charge is 2.56. The predicted molar refractivity (Wildman–Crippen MR) is 124 cm³/mol. The van der Waals surface area contributed by atoms with Crippen LogP contribution >= 0.6 is 23.2 Å². The lowest BCUT2D eigenvalue weighted by Crippen LogP contribution is -2.48. The minimum Gasteiger partial charge on any atom is -0.444 e. The van der Waals surface area contributed by atoms with Gasteiger partial charge in [0.2, 0.25) is 5.60 Å². The fourth-order valence-electron chi connectivity index (χ4n) is 3.22. The summed E-state index contributed by atoms with van der Waals surface area (Å²) in [4.78, 5) is 11.8. The van der Waals surface area contributed by atoms with E-state index in [4.69, 9.17) is 27.9 Å². The summed E-state index contributed by atoms with van der Waals surface area (Å²) in [5, 5.41) is 12.5. The third-order valence-electron chi connectivity index (χ3n) is 5.07. The second-order valence-corrected chi connectivity index (χ2v) is 10.0. The number of carbonyl (C=O) groups excluding carboxylic acids is 1. The van der Waals surface area contributed by atoms with Gasteiger partial charge in [0.25, 0.3) is 0 Å². The van der Waals surface area contributed by atoms with E-state index in [2.05, 4.69) is 5.32 Å². The fraction of sp³-hybridized carbons (Fsp3) is 0.435. The van der Waals surface area contributed by atoms with E-state index in [1.54, 1.807) is 0 Å². The van der Waals surface area contributed by atoms with Crippen LogP contribution in [0.2, 0.25) is 10.0 Å². The van der Waals surface area contributed by atoms with Gasteiger partial charge in [-0.1, -0.05) is 29.3 Å². The number of rotatable bonds is 6. The fourth-order valence-corrected chi connectivity index (χ4v) is 3.65. The Morgan fingerprint density at radius 1 is 0.897 bits per heavy atom. The average Bonchev–Trinajstić information content (AvgIpc) is 2.74. The quantitative estimate of drug-likeness (QED) is 0.289. The summed E-state index contributed by atoms with van der Waals surface area (Å²) in [5.41, 5.74) is -10.4. The van der Waals surface area contributed by atoms with E-state index in [0.717, 1.165) is 12.1 Å². The lowest BCUT2D eigenvalue weighted by molar-refractivity contribution is -0.260. The molecule has 1 amide bonds. The smallest absolute Gasteiger partial charge is 0.423 e. The first kappa shape index (κ1) is 32.6. The number of alkyl carbamates (subject to hydrolysis) is 1. The largest absolute Gasteiger partial charge is 0.444 e. The molecule has 5 nitrogen and oxygen atoms in total. The summed E-state index contributed by atoms with van der Waals surface area (Å²) < 4.78 is 127. The van der Waals surface area contributed by atoms with Crippen molar-refractivity contribution in [1.82, 2.24) is 5.32 Å². The number of alkyl halides is 9.